The second-order valence-electron chi connectivity index (χ2n) is 5.53. The van der Waals surface area contributed by atoms with Crippen molar-refractivity contribution < 1.29 is 4.74 Å². The Balaban J connectivity index is 2.36. The molecule has 2 nitrogen and oxygen atoms in total. The van der Waals surface area contributed by atoms with Crippen LogP contribution in [0.15, 0.2) is 0 Å². The molecular weight excluding hydrogens is 198 g/mol. The van der Waals surface area contributed by atoms with Gasteiger partial charge in [0.1, 0.15) is 0 Å². The van der Waals surface area contributed by atoms with Crippen molar-refractivity contribution in [2.45, 2.75) is 71.6 Å². The molecule has 1 aliphatic rings. The third kappa shape index (κ3) is 3.74. The van der Waals surface area contributed by atoms with Gasteiger partial charge in [-0.2, -0.15) is 0 Å². The van der Waals surface area contributed by atoms with E-state index < -0.39 is 0 Å². The third-order valence-electron chi connectivity index (χ3n) is 4.33. The summed E-state index contributed by atoms with van der Waals surface area (Å²) in [6.07, 6.45) is 5.77. The fourth-order valence-corrected chi connectivity index (χ4v) is 2.79. The second kappa shape index (κ2) is 6.61. The smallest absolute Gasteiger partial charge is 0.0703 e. The van der Waals surface area contributed by atoms with Gasteiger partial charge in [0.05, 0.1) is 12.2 Å². The van der Waals surface area contributed by atoms with Crippen LogP contribution in [0.1, 0.15) is 53.4 Å². The van der Waals surface area contributed by atoms with Crippen LogP contribution < -0.4 is 5.32 Å². The molecule has 1 N–H and O–H groups in total. The third-order valence-corrected chi connectivity index (χ3v) is 4.33. The molecule has 1 rings (SSSR count). The Morgan fingerprint density at radius 1 is 1.25 bits per heavy atom. The molecule has 0 heterocycles. The van der Waals surface area contributed by atoms with E-state index in [1.807, 2.05) is 7.05 Å². The summed E-state index contributed by atoms with van der Waals surface area (Å²) in [6, 6.07) is 0.495. The Morgan fingerprint density at radius 2 is 1.94 bits per heavy atom. The maximum absolute atomic E-state index is 6.19. The maximum atomic E-state index is 6.19. The summed E-state index contributed by atoms with van der Waals surface area (Å²) in [7, 11) is 2.03. The summed E-state index contributed by atoms with van der Waals surface area (Å²) in [5, 5.41) is 3.34. The lowest BCUT2D eigenvalue weighted by atomic mass is 9.80. The van der Waals surface area contributed by atoms with Crippen molar-refractivity contribution in [2.75, 3.05) is 7.05 Å². The normalized spacial score (nSPS) is 34.7. The van der Waals surface area contributed by atoms with Crippen molar-refractivity contribution in [3.8, 4) is 0 Å². The van der Waals surface area contributed by atoms with Crippen LogP contribution >= 0.6 is 0 Å². The van der Waals surface area contributed by atoms with Gasteiger partial charge in [0.2, 0.25) is 0 Å². The van der Waals surface area contributed by atoms with Crippen molar-refractivity contribution >= 4 is 0 Å². The van der Waals surface area contributed by atoms with Crippen LogP contribution in [0.4, 0.5) is 0 Å². The quantitative estimate of drug-likeness (QED) is 0.778. The van der Waals surface area contributed by atoms with Crippen LogP contribution in [-0.2, 0) is 4.74 Å². The van der Waals surface area contributed by atoms with Crippen LogP contribution in [0.5, 0.6) is 0 Å². The van der Waals surface area contributed by atoms with Gasteiger partial charge in [-0.25, -0.2) is 0 Å². The average molecular weight is 227 g/mol. The minimum absolute atomic E-state index is 0.334. The Labute approximate surface area is 101 Å². The minimum Gasteiger partial charge on any atom is -0.374 e. The molecule has 0 aromatic carbocycles. The lowest BCUT2D eigenvalue weighted by Crippen LogP contribution is -2.40. The van der Waals surface area contributed by atoms with E-state index in [9.17, 15) is 0 Å². The highest BCUT2D eigenvalue weighted by molar-refractivity contribution is 4.78. The molecule has 0 saturated heterocycles. The number of likely N-dealkylation sites (N-methyl/N-ethyl adjacent to an activating group) is 1. The lowest BCUT2D eigenvalue weighted by molar-refractivity contribution is -0.0531. The molecular formula is C14H29NO. The molecule has 0 radical (unpaired) electrons. The van der Waals surface area contributed by atoms with E-state index >= 15 is 0 Å². The Hall–Kier alpha value is -0.0800. The van der Waals surface area contributed by atoms with Crippen LogP contribution in [0.2, 0.25) is 0 Å². The van der Waals surface area contributed by atoms with Crippen molar-refractivity contribution in [1.29, 1.82) is 0 Å². The van der Waals surface area contributed by atoms with Crippen molar-refractivity contribution in [1.82, 2.24) is 5.32 Å². The Morgan fingerprint density at radius 3 is 2.44 bits per heavy atom. The zero-order valence-electron chi connectivity index (χ0n) is 11.6. The molecule has 1 fully saturated rings. The molecule has 0 aromatic heterocycles. The van der Waals surface area contributed by atoms with E-state index in [-0.39, 0.29) is 0 Å². The van der Waals surface area contributed by atoms with Crippen LogP contribution in [0, 0.1) is 11.8 Å². The summed E-state index contributed by atoms with van der Waals surface area (Å²) in [5.41, 5.74) is 0. The van der Waals surface area contributed by atoms with Gasteiger partial charge >= 0.3 is 0 Å². The van der Waals surface area contributed by atoms with Gasteiger partial charge in [-0.15, -0.1) is 0 Å². The molecule has 0 aliphatic heterocycles. The lowest BCUT2D eigenvalue weighted by Gasteiger charge is -2.35. The molecule has 0 amide bonds. The molecule has 1 aliphatic carbocycles. The van der Waals surface area contributed by atoms with E-state index in [2.05, 4.69) is 33.0 Å². The molecule has 0 bridgehead atoms. The zero-order valence-corrected chi connectivity index (χ0v) is 11.6. The second-order valence-corrected chi connectivity index (χ2v) is 5.53. The van der Waals surface area contributed by atoms with Crippen molar-refractivity contribution in [3.05, 3.63) is 0 Å². The zero-order chi connectivity index (χ0) is 12.1. The van der Waals surface area contributed by atoms with Crippen LogP contribution in [0.25, 0.3) is 0 Å². The van der Waals surface area contributed by atoms with E-state index in [0.29, 0.717) is 18.2 Å². The molecule has 96 valence electrons. The van der Waals surface area contributed by atoms with Gasteiger partial charge < -0.3 is 10.1 Å². The Kier molecular flexibility index (Phi) is 5.77. The van der Waals surface area contributed by atoms with Crippen LogP contribution in [-0.4, -0.2) is 25.3 Å². The fourth-order valence-electron chi connectivity index (χ4n) is 2.79. The fraction of sp³-hybridized carbons (Fsp3) is 1.00. The standard InChI is InChI=1S/C14H29NO/c1-6-14(15-5)12(4)16-13-8-7-10(2)11(3)9-13/h10-15H,6-9H2,1-5H3. The average Bonchev–Trinajstić information content (AvgIpc) is 2.25. The van der Waals surface area contributed by atoms with Gasteiger partial charge in [-0.1, -0.05) is 20.8 Å². The van der Waals surface area contributed by atoms with E-state index in [0.717, 1.165) is 18.3 Å². The first-order valence-corrected chi connectivity index (χ1v) is 6.91. The van der Waals surface area contributed by atoms with Gasteiger partial charge in [0.15, 0.2) is 0 Å². The molecule has 0 aromatic rings. The Bertz CT molecular complexity index is 191. The topological polar surface area (TPSA) is 21.3 Å². The summed E-state index contributed by atoms with van der Waals surface area (Å²) in [5.74, 6) is 1.70. The van der Waals surface area contributed by atoms with E-state index in [1.54, 1.807) is 0 Å². The molecule has 5 unspecified atom stereocenters. The van der Waals surface area contributed by atoms with Gasteiger partial charge in [0.25, 0.3) is 0 Å². The minimum atomic E-state index is 0.334. The number of hydrogen-bond acceptors (Lipinski definition) is 2. The highest BCUT2D eigenvalue weighted by Gasteiger charge is 2.27. The summed E-state index contributed by atoms with van der Waals surface area (Å²) in [4.78, 5) is 0. The van der Waals surface area contributed by atoms with E-state index in [1.165, 1.54) is 19.3 Å². The largest absolute Gasteiger partial charge is 0.374 e. The molecule has 16 heavy (non-hydrogen) atoms. The number of nitrogens with one attached hydrogen (secondary N) is 1. The number of hydrogen-bond donors (Lipinski definition) is 1. The molecule has 0 spiro atoms. The van der Waals surface area contributed by atoms with Crippen molar-refractivity contribution in [3.63, 3.8) is 0 Å². The SMILES string of the molecule is CCC(NC)C(C)OC1CCC(C)C(C)C1. The molecule has 2 heteroatoms. The number of ether oxygens (including phenoxy) is 1. The first-order chi connectivity index (χ1) is 7.58. The summed E-state index contributed by atoms with van der Waals surface area (Å²) < 4.78 is 6.19. The number of rotatable bonds is 5. The van der Waals surface area contributed by atoms with Gasteiger partial charge in [0, 0.05) is 6.04 Å². The predicted octanol–water partition coefficient (Wildman–Crippen LogP) is 3.21. The first-order valence-electron chi connectivity index (χ1n) is 6.91. The predicted molar refractivity (Wildman–Crippen MR) is 69.7 cm³/mol. The van der Waals surface area contributed by atoms with E-state index in [4.69, 9.17) is 4.74 Å². The van der Waals surface area contributed by atoms with Crippen LogP contribution in [0.3, 0.4) is 0 Å². The first kappa shape index (κ1) is 14.0. The highest BCUT2D eigenvalue weighted by Crippen LogP contribution is 2.31. The highest BCUT2D eigenvalue weighted by atomic mass is 16.5. The summed E-state index contributed by atoms with van der Waals surface area (Å²) >= 11 is 0. The van der Waals surface area contributed by atoms with Crippen molar-refractivity contribution in [2.24, 2.45) is 11.8 Å². The maximum Gasteiger partial charge on any atom is 0.0703 e. The monoisotopic (exact) mass is 227 g/mol. The van der Waals surface area contributed by atoms with Gasteiger partial charge in [-0.3, -0.25) is 0 Å². The van der Waals surface area contributed by atoms with Gasteiger partial charge in [-0.05, 0) is 51.5 Å². The molecule has 1 saturated carbocycles. The summed E-state index contributed by atoms with van der Waals surface area (Å²) in [6.45, 7) is 9.15. The molecule has 5 atom stereocenters.